The normalized spacial score (nSPS) is 22.1. The Hall–Kier alpha value is -3.22. The van der Waals surface area contributed by atoms with E-state index in [0.29, 0.717) is 35.0 Å². The van der Waals surface area contributed by atoms with Crippen molar-refractivity contribution in [3.05, 3.63) is 34.3 Å². The standard InChI is InChI=1S/C25H31F3N8O2/c1-16-18(14-29-22(31-16)25(26,27)28)35-11-8-24(15-35)6-9-34(10-7-24)23-32-20-17(21(37)33(23)2)13-30-36(20)19-5-3-4-12-38-19/h13-14,19H,3-12,15H2,1-2H3. The Balaban J connectivity index is 1.19. The van der Waals surface area contributed by atoms with Crippen LogP contribution in [-0.2, 0) is 18.0 Å². The van der Waals surface area contributed by atoms with Crippen LogP contribution in [0, 0.1) is 12.3 Å². The summed E-state index contributed by atoms with van der Waals surface area (Å²) in [4.78, 5) is 29.6. The zero-order valence-corrected chi connectivity index (χ0v) is 21.5. The predicted molar refractivity (Wildman–Crippen MR) is 134 cm³/mol. The summed E-state index contributed by atoms with van der Waals surface area (Å²) >= 11 is 0. The highest BCUT2D eigenvalue weighted by atomic mass is 19.4. The molecule has 13 heteroatoms. The monoisotopic (exact) mass is 532 g/mol. The van der Waals surface area contributed by atoms with Crippen LogP contribution in [0.2, 0.25) is 0 Å². The number of alkyl halides is 3. The molecule has 0 N–H and O–H groups in total. The van der Waals surface area contributed by atoms with Crippen molar-refractivity contribution >= 4 is 22.7 Å². The molecule has 1 unspecified atom stereocenters. The Bertz CT molecular complexity index is 1400. The van der Waals surface area contributed by atoms with Gasteiger partial charge in [-0.15, -0.1) is 0 Å². The van der Waals surface area contributed by atoms with Crippen LogP contribution < -0.4 is 15.4 Å². The van der Waals surface area contributed by atoms with Gasteiger partial charge in [0.25, 0.3) is 5.56 Å². The van der Waals surface area contributed by atoms with Crippen molar-refractivity contribution in [2.24, 2.45) is 12.5 Å². The largest absolute Gasteiger partial charge is 0.451 e. The molecule has 0 aliphatic carbocycles. The second-order valence-corrected chi connectivity index (χ2v) is 10.7. The minimum atomic E-state index is -4.55. The van der Waals surface area contributed by atoms with Gasteiger partial charge in [0.1, 0.15) is 5.39 Å². The summed E-state index contributed by atoms with van der Waals surface area (Å²) < 4.78 is 48.2. The first kappa shape index (κ1) is 25.1. The van der Waals surface area contributed by atoms with Crippen LogP contribution >= 0.6 is 0 Å². The zero-order valence-electron chi connectivity index (χ0n) is 21.5. The number of anilines is 2. The summed E-state index contributed by atoms with van der Waals surface area (Å²) in [5.41, 5.74) is 1.47. The first-order chi connectivity index (χ1) is 18.2. The third-order valence-electron chi connectivity index (χ3n) is 8.33. The molecule has 10 nitrogen and oxygen atoms in total. The number of aryl methyl sites for hydroxylation is 1. The molecule has 3 fully saturated rings. The van der Waals surface area contributed by atoms with E-state index in [2.05, 4.69) is 24.9 Å². The van der Waals surface area contributed by atoms with Gasteiger partial charge in [-0.3, -0.25) is 9.36 Å². The quantitative estimate of drug-likeness (QED) is 0.507. The highest BCUT2D eigenvalue weighted by Crippen LogP contribution is 2.43. The first-order valence-electron chi connectivity index (χ1n) is 13.1. The molecule has 3 aromatic heterocycles. The number of rotatable bonds is 3. The number of halogens is 3. The number of hydrogen-bond donors (Lipinski definition) is 0. The average Bonchev–Trinajstić information content (AvgIpc) is 3.51. The lowest BCUT2D eigenvalue weighted by atomic mass is 9.78. The zero-order chi connectivity index (χ0) is 26.7. The Morgan fingerprint density at radius 3 is 2.45 bits per heavy atom. The lowest BCUT2D eigenvalue weighted by molar-refractivity contribution is -0.145. The number of aromatic nitrogens is 6. The van der Waals surface area contributed by atoms with Crippen LogP contribution in [0.15, 0.2) is 17.2 Å². The second-order valence-electron chi connectivity index (χ2n) is 10.7. The van der Waals surface area contributed by atoms with Crippen LogP contribution in [-0.4, -0.2) is 62.1 Å². The molecule has 0 amide bonds. The Labute approximate surface area is 217 Å². The van der Waals surface area contributed by atoms with E-state index < -0.39 is 12.0 Å². The highest BCUT2D eigenvalue weighted by molar-refractivity contribution is 5.75. The first-order valence-corrected chi connectivity index (χ1v) is 13.1. The molecule has 3 aliphatic rings. The van der Waals surface area contributed by atoms with E-state index in [1.807, 2.05) is 0 Å². The number of hydrogen-bond acceptors (Lipinski definition) is 8. The highest BCUT2D eigenvalue weighted by Gasteiger charge is 2.42. The Kier molecular flexibility index (Phi) is 6.08. The molecule has 0 bridgehead atoms. The fourth-order valence-electron chi connectivity index (χ4n) is 6.11. The molecule has 0 radical (unpaired) electrons. The third-order valence-corrected chi connectivity index (χ3v) is 8.33. The summed E-state index contributed by atoms with van der Waals surface area (Å²) in [6.45, 7) is 5.23. The second kappa shape index (κ2) is 9.21. The fraction of sp³-hybridized carbons (Fsp3) is 0.640. The van der Waals surface area contributed by atoms with Crippen molar-refractivity contribution in [2.45, 2.75) is 57.9 Å². The van der Waals surface area contributed by atoms with Gasteiger partial charge >= 0.3 is 6.18 Å². The van der Waals surface area contributed by atoms with E-state index in [1.54, 1.807) is 29.4 Å². The Morgan fingerprint density at radius 1 is 1.05 bits per heavy atom. The van der Waals surface area contributed by atoms with Crippen molar-refractivity contribution in [1.29, 1.82) is 0 Å². The maximum atomic E-state index is 13.2. The van der Waals surface area contributed by atoms with Crippen molar-refractivity contribution < 1.29 is 17.9 Å². The molecule has 0 aromatic carbocycles. The van der Waals surface area contributed by atoms with E-state index in [9.17, 15) is 18.0 Å². The van der Waals surface area contributed by atoms with E-state index in [4.69, 9.17) is 9.72 Å². The Morgan fingerprint density at radius 2 is 1.79 bits per heavy atom. The molecule has 3 saturated heterocycles. The summed E-state index contributed by atoms with van der Waals surface area (Å²) in [5.74, 6) is -0.482. The molecule has 6 rings (SSSR count). The molecule has 6 heterocycles. The molecule has 204 valence electrons. The van der Waals surface area contributed by atoms with E-state index in [-0.39, 0.29) is 17.2 Å². The van der Waals surface area contributed by atoms with E-state index in [0.717, 1.165) is 64.7 Å². The number of ether oxygens (including phenoxy) is 1. The lowest BCUT2D eigenvalue weighted by Crippen LogP contribution is -2.44. The van der Waals surface area contributed by atoms with Gasteiger partial charge in [0.2, 0.25) is 11.8 Å². The summed E-state index contributed by atoms with van der Waals surface area (Å²) in [7, 11) is 1.74. The molecule has 3 aromatic rings. The molecular formula is C25H31F3N8O2. The van der Waals surface area contributed by atoms with Gasteiger partial charge in [-0.25, -0.2) is 14.6 Å². The van der Waals surface area contributed by atoms with Gasteiger partial charge in [-0.2, -0.15) is 23.3 Å². The van der Waals surface area contributed by atoms with Crippen LogP contribution in [0.25, 0.3) is 11.0 Å². The minimum Gasteiger partial charge on any atom is -0.368 e. The third kappa shape index (κ3) is 4.30. The molecule has 0 saturated carbocycles. The number of piperidine rings is 1. The van der Waals surface area contributed by atoms with Crippen molar-refractivity contribution in [2.75, 3.05) is 42.6 Å². The minimum absolute atomic E-state index is 0.0479. The van der Waals surface area contributed by atoms with Crippen molar-refractivity contribution in [1.82, 2.24) is 29.3 Å². The van der Waals surface area contributed by atoms with Gasteiger partial charge in [0.05, 0.1) is 23.8 Å². The van der Waals surface area contributed by atoms with Gasteiger partial charge in [0, 0.05) is 39.8 Å². The summed E-state index contributed by atoms with van der Waals surface area (Å²) in [5, 5.41) is 4.93. The lowest BCUT2D eigenvalue weighted by Gasteiger charge is -2.40. The van der Waals surface area contributed by atoms with Crippen LogP contribution in [0.4, 0.5) is 24.8 Å². The van der Waals surface area contributed by atoms with E-state index in [1.165, 1.54) is 6.20 Å². The predicted octanol–water partition coefficient (Wildman–Crippen LogP) is 3.44. The SMILES string of the molecule is Cc1nc(C(F)(F)F)ncc1N1CCC2(CCN(c3nc4c(cnn4C4CCCCO4)c(=O)n3C)CC2)C1. The summed E-state index contributed by atoms with van der Waals surface area (Å²) in [6.07, 6.45) is 3.76. The average molecular weight is 533 g/mol. The molecule has 3 aliphatic heterocycles. The number of fused-ring (bicyclic) bond motifs is 1. The fourth-order valence-corrected chi connectivity index (χ4v) is 6.11. The van der Waals surface area contributed by atoms with Gasteiger partial charge in [-0.1, -0.05) is 0 Å². The van der Waals surface area contributed by atoms with Crippen molar-refractivity contribution in [3.63, 3.8) is 0 Å². The van der Waals surface area contributed by atoms with Gasteiger partial charge in [0.15, 0.2) is 11.9 Å². The van der Waals surface area contributed by atoms with Gasteiger partial charge < -0.3 is 14.5 Å². The van der Waals surface area contributed by atoms with Crippen molar-refractivity contribution in [3.8, 4) is 0 Å². The number of nitrogens with zero attached hydrogens (tertiary/aromatic N) is 8. The van der Waals surface area contributed by atoms with Crippen LogP contribution in [0.1, 0.15) is 56.3 Å². The smallest absolute Gasteiger partial charge is 0.368 e. The molecule has 1 atom stereocenters. The maximum absolute atomic E-state index is 13.2. The maximum Gasteiger partial charge on any atom is 0.451 e. The molecule has 1 spiro atoms. The molecular weight excluding hydrogens is 501 g/mol. The van der Waals surface area contributed by atoms with E-state index >= 15 is 0 Å². The summed E-state index contributed by atoms with van der Waals surface area (Å²) in [6, 6.07) is 0. The van der Waals surface area contributed by atoms with Crippen LogP contribution in [0.5, 0.6) is 0 Å². The van der Waals surface area contributed by atoms with Crippen LogP contribution in [0.3, 0.4) is 0 Å². The molecule has 38 heavy (non-hydrogen) atoms. The topological polar surface area (TPSA) is 94.2 Å². The van der Waals surface area contributed by atoms with Gasteiger partial charge in [-0.05, 0) is 50.9 Å².